The number of ether oxygens (including phenoxy) is 1. The van der Waals surface area contributed by atoms with Crippen molar-refractivity contribution >= 4 is 21.7 Å². The van der Waals surface area contributed by atoms with E-state index in [1.807, 2.05) is 40.7 Å². The van der Waals surface area contributed by atoms with E-state index < -0.39 is 0 Å². The molecule has 0 saturated carbocycles. The second-order valence-electron chi connectivity index (χ2n) is 5.85. The zero-order valence-electron chi connectivity index (χ0n) is 13.2. The molecule has 0 radical (unpaired) electrons. The standard InChI is InChI=1S/C18H13N5OS/c19-8-11-4-1-2-5-12(11)14-15(22-17-16(14)25-10-20-17)13-9-21-23-6-3-7-24-18(13)23/h1-2,4-5,9-10,22H,3,6-7H2. The number of thiazole rings is 1. The number of hydrogen-bond donors (Lipinski definition) is 1. The Morgan fingerprint density at radius 1 is 1.28 bits per heavy atom. The van der Waals surface area contributed by atoms with E-state index in [-0.39, 0.29) is 0 Å². The van der Waals surface area contributed by atoms with Crippen molar-refractivity contribution in [1.29, 1.82) is 5.26 Å². The lowest BCUT2D eigenvalue weighted by Gasteiger charge is -2.16. The number of aromatic amines is 1. The van der Waals surface area contributed by atoms with E-state index in [1.54, 1.807) is 11.3 Å². The molecule has 0 unspecified atom stereocenters. The highest BCUT2D eigenvalue weighted by atomic mass is 32.1. The number of nitrogens with one attached hydrogen (secondary N) is 1. The molecule has 6 nitrogen and oxygen atoms in total. The Balaban J connectivity index is 1.82. The van der Waals surface area contributed by atoms with Gasteiger partial charge in [0, 0.05) is 24.1 Å². The van der Waals surface area contributed by atoms with E-state index in [0.29, 0.717) is 12.2 Å². The molecule has 0 aliphatic carbocycles. The molecule has 0 atom stereocenters. The number of nitriles is 1. The van der Waals surface area contributed by atoms with Crippen molar-refractivity contribution in [1.82, 2.24) is 19.7 Å². The maximum atomic E-state index is 9.54. The van der Waals surface area contributed by atoms with Crippen molar-refractivity contribution in [2.75, 3.05) is 6.61 Å². The lowest BCUT2D eigenvalue weighted by atomic mass is 9.98. The minimum absolute atomic E-state index is 0.639. The maximum absolute atomic E-state index is 9.54. The van der Waals surface area contributed by atoms with Gasteiger partial charge < -0.3 is 9.72 Å². The molecule has 25 heavy (non-hydrogen) atoms. The van der Waals surface area contributed by atoms with Crippen LogP contribution in [0.1, 0.15) is 12.0 Å². The molecule has 0 fully saturated rings. The van der Waals surface area contributed by atoms with Crippen LogP contribution in [0.4, 0.5) is 0 Å². The molecule has 1 aromatic carbocycles. The predicted octanol–water partition coefficient (Wildman–Crippen LogP) is 3.81. The Labute approximate surface area is 147 Å². The summed E-state index contributed by atoms with van der Waals surface area (Å²) in [7, 11) is 0. The van der Waals surface area contributed by atoms with Crippen molar-refractivity contribution in [3.63, 3.8) is 0 Å². The molecule has 5 rings (SSSR count). The van der Waals surface area contributed by atoms with Gasteiger partial charge in [0.15, 0.2) is 0 Å². The Morgan fingerprint density at radius 3 is 3.12 bits per heavy atom. The highest BCUT2D eigenvalue weighted by molar-refractivity contribution is 7.17. The fourth-order valence-corrected chi connectivity index (χ4v) is 4.11. The third kappa shape index (κ3) is 2.08. The first kappa shape index (κ1) is 14.3. The van der Waals surface area contributed by atoms with Gasteiger partial charge in [0.2, 0.25) is 5.88 Å². The molecule has 3 aromatic heterocycles. The Morgan fingerprint density at radius 2 is 2.20 bits per heavy atom. The summed E-state index contributed by atoms with van der Waals surface area (Å²) in [6.45, 7) is 1.54. The van der Waals surface area contributed by atoms with Crippen LogP contribution >= 0.6 is 11.3 Å². The van der Waals surface area contributed by atoms with Gasteiger partial charge in [-0.1, -0.05) is 18.2 Å². The third-order valence-corrected chi connectivity index (χ3v) is 5.26. The molecular weight excluding hydrogens is 334 g/mol. The third-order valence-electron chi connectivity index (χ3n) is 4.42. The average Bonchev–Trinajstić information content (AvgIpc) is 3.35. The number of fused-ring (bicyclic) bond motifs is 2. The van der Waals surface area contributed by atoms with Crippen LogP contribution in [0, 0.1) is 11.3 Å². The van der Waals surface area contributed by atoms with Crippen LogP contribution in [0.15, 0.2) is 36.0 Å². The van der Waals surface area contributed by atoms with Crippen molar-refractivity contribution in [3.8, 4) is 34.3 Å². The highest BCUT2D eigenvalue weighted by Crippen LogP contribution is 2.44. The molecule has 7 heteroatoms. The van der Waals surface area contributed by atoms with Crippen LogP contribution in [-0.2, 0) is 6.54 Å². The minimum atomic E-state index is 0.639. The van der Waals surface area contributed by atoms with Crippen LogP contribution in [0.2, 0.25) is 0 Å². The van der Waals surface area contributed by atoms with Crippen LogP contribution in [0.3, 0.4) is 0 Å². The molecule has 0 saturated heterocycles. The average molecular weight is 347 g/mol. The first-order valence-corrected chi connectivity index (χ1v) is 8.88. The molecular formula is C18H13N5OS. The van der Waals surface area contributed by atoms with Gasteiger partial charge >= 0.3 is 0 Å². The summed E-state index contributed by atoms with van der Waals surface area (Å²) < 4.78 is 8.79. The summed E-state index contributed by atoms with van der Waals surface area (Å²) >= 11 is 1.56. The van der Waals surface area contributed by atoms with Crippen LogP contribution < -0.4 is 4.74 Å². The summed E-state index contributed by atoms with van der Waals surface area (Å²) in [5.41, 5.74) is 6.96. The minimum Gasteiger partial charge on any atom is -0.477 e. The monoisotopic (exact) mass is 347 g/mol. The van der Waals surface area contributed by atoms with Gasteiger partial charge in [-0.25, -0.2) is 9.67 Å². The fourth-order valence-electron chi connectivity index (χ4n) is 3.30. The van der Waals surface area contributed by atoms with Gasteiger partial charge in [-0.2, -0.15) is 10.4 Å². The van der Waals surface area contributed by atoms with Gasteiger partial charge in [0.25, 0.3) is 0 Å². The smallest absolute Gasteiger partial charge is 0.221 e. The summed E-state index contributed by atoms with van der Waals surface area (Å²) in [4.78, 5) is 7.82. The van der Waals surface area contributed by atoms with Gasteiger partial charge in [0.1, 0.15) is 5.65 Å². The zero-order valence-corrected chi connectivity index (χ0v) is 14.0. The Kier molecular flexibility index (Phi) is 3.11. The maximum Gasteiger partial charge on any atom is 0.221 e. The SMILES string of the molecule is N#Cc1ccccc1-c1c(-c2cnn3c2OCCC3)[nH]c2ncsc12. The van der Waals surface area contributed by atoms with Gasteiger partial charge in [-0.15, -0.1) is 11.3 Å². The van der Waals surface area contributed by atoms with E-state index >= 15 is 0 Å². The lowest BCUT2D eigenvalue weighted by molar-refractivity contribution is 0.231. The van der Waals surface area contributed by atoms with Crippen LogP contribution in [0.25, 0.3) is 32.7 Å². The predicted molar refractivity (Wildman–Crippen MR) is 95.5 cm³/mol. The first-order valence-electron chi connectivity index (χ1n) is 8.00. The van der Waals surface area contributed by atoms with Gasteiger partial charge in [0.05, 0.1) is 45.9 Å². The number of H-pyrrole nitrogens is 1. The van der Waals surface area contributed by atoms with E-state index in [9.17, 15) is 5.26 Å². The summed E-state index contributed by atoms with van der Waals surface area (Å²) in [6, 6.07) is 9.93. The number of aryl methyl sites for hydroxylation is 1. The molecule has 1 aliphatic heterocycles. The number of rotatable bonds is 2. The zero-order chi connectivity index (χ0) is 16.8. The first-order chi connectivity index (χ1) is 12.4. The second kappa shape index (κ2) is 5.46. The largest absolute Gasteiger partial charge is 0.477 e. The molecule has 122 valence electrons. The van der Waals surface area contributed by atoms with Crippen molar-refractivity contribution in [2.24, 2.45) is 0 Å². The Hall–Kier alpha value is -3.11. The normalized spacial score (nSPS) is 13.4. The number of hydrogen-bond acceptors (Lipinski definition) is 5. The molecule has 4 aromatic rings. The molecule has 0 amide bonds. The second-order valence-corrected chi connectivity index (χ2v) is 6.71. The molecule has 0 spiro atoms. The lowest BCUT2D eigenvalue weighted by Crippen LogP contribution is -2.14. The van der Waals surface area contributed by atoms with E-state index in [4.69, 9.17) is 4.74 Å². The number of aromatic nitrogens is 4. The summed E-state index contributed by atoms with van der Waals surface area (Å²) in [5, 5.41) is 14.0. The summed E-state index contributed by atoms with van der Waals surface area (Å²) in [6.07, 6.45) is 2.79. The molecule has 4 heterocycles. The van der Waals surface area contributed by atoms with E-state index in [2.05, 4.69) is 21.1 Å². The molecule has 1 aliphatic rings. The van der Waals surface area contributed by atoms with Crippen molar-refractivity contribution in [2.45, 2.75) is 13.0 Å². The number of benzene rings is 1. The fraction of sp³-hybridized carbons (Fsp3) is 0.167. The van der Waals surface area contributed by atoms with Crippen molar-refractivity contribution in [3.05, 3.63) is 41.5 Å². The molecule has 0 bridgehead atoms. The van der Waals surface area contributed by atoms with Crippen LogP contribution in [0.5, 0.6) is 5.88 Å². The topological polar surface area (TPSA) is 79.5 Å². The van der Waals surface area contributed by atoms with E-state index in [0.717, 1.165) is 51.6 Å². The Bertz CT molecular complexity index is 1130. The molecule has 1 N–H and O–H groups in total. The van der Waals surface area contributed by atoms with E-state index in [1.165, 1.54) is 0 Å². The van der Waals surface area contributed by atoms with Gasteiger partial charge in [-0.3, -0.25) is 0 Å². The highest BCUT2D eigenvalue weighted by Gasteiger charge is 2.25. The van der Waals surface area contributed by atoms with Crippen molar-refractivity contribution < 1.29 is 4.74 Å². The van der Waals surface area contributed by atoms with Gasteiger partial charge in [-0.05, 0) is 6.07 Å². The number of nitrogens with zero attached hydrogens (tertiary/aromatic N) is 4. The van der Waals surface area contributed by atoms with Crippen LogP contribution in [-0.4, -0.2) is 26.4 Å². The summed E-state index contributed by atoms with van der Waals surface area (Å²) in [5.74, 6) is 0.774. The quantitative estimate of drug-likeness (QED) is 0.598.